The molecule has 2 atom stereocenters. The van der Waals surface area contributed by atoms with Crippen LogP contribution in [0.3, 0.4) is 0 Å². The fraction of sp³-hybridized carbons (Fsp3) is 0.194. The minimum absolute atomic E-state index is 0.104. The number of nitrogens with zero attached hydrogens (tertiary/aromatic N) is 2. The molecule has 43 heavy (non-hydrogen) atoms. The van der Waals surface area contributed by atoms with Crippen LogP contribution in [0.25, 0.3) is 0 Å². The van der Waals surface area contributed by atoms with Crippen LogP contribution < -0.4 is 20.9 Å². The summed E-state index contributed by atoms with van der Waals surface area (Å²) >= 11 is 6.26. The molecule has 0 aliphatic carbocycles. The van der Waals surface area contributed by atoms with Crippen LogP contribution in [0.1, 0.15) is 41.8 Å². The van der Waals surface area contributed by atoms with Crippen molar-refractivity contribution in [2.75, 3.05) is 16.8 Å². The van der Waals surface area contributed by atoms with E-state index in [-0.39, 0.29) is 28.7 Å². The SMILES string of the molecule is CC(=O)C[C@@H](C=O)NC(=O)CN1C(=O)C(NC(=O)c2ccc(NC(C)=O)c(Cl)c2)N=C(c2ccccc2)c2ccccc21. The van der Waals surface area contributed by atoms with Crippen LogP contribution in [0.15, 0.2) is 77.8 Å². The Hall–Kier alpha value is -5.16. The van der Waals surface area contributed by atoms with Gasteiger partial charge in [-0.25, -0.2) is 4.99 Å². The number of anilines is 2. The van der Waals surface area contributed by atoms with Gasteiger partial charge in [0, 0.05) is 30.0 Å². The second-order valence-electron chi connectivity index (χ2n) is 9.75. The van der Waals surface area contributed by atoms with Gasteiger partial charge >= 0.3 is 0 Å². The number of rotatable bonds is 10. The third-order valence-electron chi connectivity index (χ3n) is 6.38. The number of aliphatic imine (C=N–C) groups is 1. The zero-order chi connectivity index (χ0) is 31.1. The minimum Gasteiger partial charge on any atom is -0.345 e. The van der Waals surface area contributed by atoms with Gasteiger partial charge in [-0.3, -0.25) is 28.9 Å². The summed E-state index contributed by atoms with van der Waals surface area (Å²) in [4.78, 5) is 80.6. The van der Waals surface area contributed by atoms with Gasteiger partial charge in [-0.2, -0.15) is 0 Å². The quantitative estimate of drug-likeness (QED) is 0.304. The smallest absolute Gasteiger partial charge is 0.272 e. The number of carbonyl (C=O) groups excluding carboxylic acids is 6. The zero-order valence-electron chi connectivity index (χ0n) is 23.3. The average Bonchev–Trinajstić information content (AvgIpc) is 3.08. The average molecular weight is 602 g/mol. The second kappa shape index (κ2) is 13.7. The number of para-hydroxylation sites is 1. The molecule has 1 unspecified atom stereocenters. The number of benzodiazepines with no additional fused rings is 1. The molecule has 3 N–H and O–H groups in total. The standard InChI is InChI=1S/C31H28ClN5O6/c1-18(39)14-22(17-38)34-27(41)16-37-26-11-7-6-10-23(26)28(20-8-4-3-5-9-20)35-29(31(37)43)36-30(42)21-12-13-25(24(32)15-21)33-19(2)40/h3-13,15,17,22,29H,14,16H2,1-2H3,(H,33,40)(H,34,41)(H,36,42)/t22-,29?/m0/s1. The van der Waals surface area contributed by atoms with Crippen molar-refractivity contribution in [3.63, 3.8) is 0 Å². The number of hydrogen-bond donors (Lipinski definition) is 3. The molecule has 12 heteroatoms. The van der Waals surface area contributed by atoms with E-state index in [2.05, 4.69) is 20.9 Å². The summed E-state index contributed by atoms with van der Waals surface area (Å²) in [6.45, 7) is 2.11. The Bertz CT molecular complexity index is 1620. The molecule has 11 nitrogen and oxygen atoms in total. The summed E-state index contributed by atoms with van der Waals surface area (Å²) in [5, 5.41) is 7.78. The van der Waals surface area contributed by atoms with Gasteiger partial charge in [-0.05, 0) is 31.2 Å². The normalized spacial score (nSPS) is 14.9. The molecule has 3 aromatic rings. The molecule has 0 radical (unpaired) electrons. The summed E-state index contributed by atoms with van der Waals surface area (Å²) in [5.41, 5.74) is 2.38. The molecule has 0 spiro atoms. The van der Waals surface area contributed by atoms with E-state index in [1.54, 1.807) is 48.5 Å². The number of benzene rings is 3. The predicted molar refractivity (Wildman–Crippen MR) is 161 cm³/mol. The van der Waals surface area contributed by atoms with Crippen LogP contribution in [-0.2, 0) is 24.0 Å². The Morgan fingerprint density at radius 3 is 2.35 bits per heavy atom. The lowest BCUT2D eigenvalue weighted by Gasteiger charge is -2.25. The van der Waals surface area contributed by atoms with Gasteiger partial charge in [0.25, 0.3) is 11.8 Å². The first-order valence-electron chi connectivity index (χ1n) is 13.2. The van der Waals surface area contributed by atoms with Crippen molar-refractivity contribution in [3.05, 3.63) is 94.5 Å². The van der Waals surface area contributed by atoms with E-state index in [1.165, 1.54) is 36.9 Å². The maximum absolute atomic E-state index is 14.0. The number of Topliss-reactive ketones (excluding diaryl/α,β-unsaturated/α-hetero) is 1. The summed E-state index contributed by atoms with van der Waals surface area (Å²) in [6.07, 6.45) is -1.20. The van der Waals surface area contributed by atoms with Crippen LogP contribution in [0.2, 0.25) is 5.02 Å². The number of amides is 4. The zero-order valence-corrected chi connectivity index (χ0v) is 24.1. The lowest BCUT2D eigenvalue weighted by Crippen LogP contribution is -2.51. The first-order valence-corrected chi connectivity index (χ1v) is 13.6. The second-order valence-corrected chi connectivity index (χ2v) is 10.2. The van der Waals surface area contributed by atoms with Crippen molar-refractivity contribution in [1.29, 1.82) is 0 Å². The third-order valence-corrected chi connectivity index (χ3v) is 6.70. The third kappa shape index (κ3) is 7.57. The molecular formula is C31H28ClN5O6. The van der Waals surface area contributed by atoms with Crippen LogP contribution in [0.4, 0.5) is 11.4 Å². The first-order chi connectivity index (χ1) is 20.6. The molecule has 1 aliphatic heterocycles. The number of nitrogens with one attached hydrogen (secondary N) is 3. The van der Waals surface area contributed by atoms with Crippen LogP contribution in [0, 0.1) is 0 Å². The van der Waals surface area contributed by atoms with Gasteiger partial charge in [0.05, 0.1) is 28.2 Å². The van der Waals surface area contributed by atoms with Crippen molar-refractivity contribution in [2.24, 2.45) is 4.99 Å². The molecule has 0 saturated heterocycles. The van der Waals surface area contributed by atoms with Crippen LogP contribution in [0.5, 0.6) is 0 Å². The monoisotopic (exact) mass is 601 g/mol. The van der Waals surface area contributed by atoms with Crippen molar-refractivity contribution >= 4 is 64.4 Å². The number of aldehydes is 1. The van der Waals surface area contributed by atoms with Gasteiger partial charge in [0.1, 0.15) is 18.6 Å². The summed E-state index contributed by atoms with van der Waals surface area (Å²) in [7, 11) is 0. The van der Waals surface area contributed by atoms with Gasteiger partial charge in [0.2, 0.25) is 18.0 Å². The van der Waals surface area contributed by atoms with Crippen molar-refractivity contribution in [1.82, 2.24) is 10.6 Å². The number of halogens is 1. The van der Waals surface area contributed by atoms with Crippen molar-refractivity contribution in [2.45, 2.75) is 32.5 Å². The topological polar surface area (TPSA) is 154 Å². The Morgan fingerprint density at radius 2 is 1.70 bits per heavy atom. The Balaban J connectivity index is 1.72. The van der Waals surface area contributed by atoms with Gasteiger partial charge in [-0.1, -0.05) is 60.1 Å². The lowest BCUT2D eigenvalue weighted by molar-refractivity contribution is -0.126. The molecule has 0 fully saturated rings. The van der Waals surface area contributed by atoms with Crippen molar-refractivity contribution < 1.29 is 28.8 Å². The summed E-state index contributed by atoms with van der Waals surface area (Å²) in [5.74, 6) is -2.70. The van der Waals surface area contributed by atoms with Crippen molar-refractivity contribution in [3.8, 4) is 0 Å². The highest BCUT2D eigenvalue weighted by Gasteiger charge is 2.34. The maximum Gasteiger partial charge on any atom is 0.272 e. The molecule has 220 valence electrons. The largest absolute Gasteiger partial charge is 0.345 e. The predicted octanol–water partition coefficient (Wildman–Crippen LogP) is 2.90. The van der Waals surface area contributed by atoms with E-state index in [0.717, 1.165) is 0 Å². The van der Waals surface area contributed by atoms with E-state index in [4.69, 9.17) is 11.6 Å². The van der Waals surface area contributed by atoms with Gasteiger partial charge < -0.3 is 20.7 Å². The molecule has 1 aliphatic rings. The van der Waals surface area contributed by atoms with Crippen LogP contribution >= 0.6 is 11.6 Å². The van der Waals surface area contributed by atoms with Gasteiger partial charge in [0.15, 0.2) is 0 Å². The number of ketones is 1. The van der Waals surface area contributed by atoms with Gasteiger partial charge in [-0.15, -0.1) is 0 Å². The Labute approximate surface area is 252 Å². The molecule has 3 aromatic carbocycles. The first kappa shape index (κ1) is 30.8. The molecule has 0 bridgehead atoms. The molecule has 0 saturated carbocycles. The maximum atomic E-state index is 14.0. The highest BCUT2D eigenvalue weighted by atomic mass is 35.5. The number of fused-ring (bicyclic) bond motifs is 1. The van der Waals surface area contributed by atoms with E-state index in [9.17, 15) is 28.8 Å². The highest BCUT2D eigenvalue weighted by molar-refractivity contribution is 6.34. The van der Waals surface area contributed by atoms with E-state index < -0.39 is 36.5 Å². The Morgan fingerprint density at radius 1 is 1.00 bits per heavy atom. The Kier molecular flexibility index (Phi) is 9.79. The van der Waals surface area contributed by atoms with E-state index in [0.29, 0.717) is 34.5 Å². The lowest BCUT2D eigenvalue weighted by atomic mass is 10.0. The minimum atomic E-state index is -1.46. The molecule has 1 heterocycles. The number of hydrogen-bond acceptors (Lipinski definition) is 7. The number of carbonyl (C=O) groups is 6. The highest BCUT2D eigenvalue weighted by Crippen LogP contribution is 2.29. The molecule has 4 amide bonds. The summed E-state index contributed by atoms with van der Waals surface area (Å²) < 4.78 is 0. The van der Waals surface area contributed by atoms with E-state index in [1.807, 2.05) is 6.07 Å². The summed E-state index contributed by atoms with van der Waals surface area (Å²) in [6, 6.07) is 19.1. The van der Waals surface area contributed by atoms with E-state index >= 15 is 0 Å². The van der Waals surface area contributed by atoms with Crippen LogP contribution in [-0.4, -0.2) is 60.2 Å². The fourth-order valence-electron chi connectivity index (χ4n) is 4.51. The molecule has 0 aromatic heterocycles. The fourth-order valence-corrected chi connectivity index (χ4v) is 4.73. The molecular weight excluding hydrogens is 574 g/mol. The molecule has 4 rings (SSSR count).